The van der Waals surface area contributed by atoms with Crippen LogP contribution in [0.25, 0.3) is 0 Å². The van der Waals surface area contributed by atoms with Gasteiger partial charge in [0.15, 0.2) is 0 Å². The Bertz CT molecular complexity index is 684. The standard InChI is InChI=1S/C20H30BNO5/c1-19(2)20(3,4)27-21(26-19)14-7-8-17(24-6)16(13-14)18(23)22(5)15-9-11-25-12-10-15/h7-8,13,15H,9-12H2,1-6H3. The second kappa shape index (κ2) is 7.45. The average Bonchev–Trinajstić information content (AvgIpc) is 2.88. The molecule has 0 N–H and O–H groups in total. The van der Waals surface area contributed by atoms with E-state index in [-0.39, 0.29) is 11.9 Å². The fraction of sp³-hybridized carbons (Fsp3) is 0.650. The molecule has 1 aromatic carbocycles. The second-order valence-electron chi connectivity index (χ2n) is 8.31. The Morgan fingerprint density at radius 1 is 1.15 bits per heavy atom. The van der Waals surface area contributed by atoms with E-state index in [0.29, 0.717) is 24.5 Å². The second-order valence-corrected chi connectivity index (χ2v) is 8.31. The summed E-state index contributed by atoms with van der Waals surface area (Å²) in [6, 6.07) is 5.72. The fourth-order valence-corrected chi connectivity index (χ4v) is 3.45. The van der Waals surface area contributed by atoms with Crippen molar-refractivity contribution in [3.05, 3.63) is 23.8 Å². The third-order valence-corrected chi connectivity index (χ3v) is 6.04. The number of carbonyl (C=O) groups excluding carboxylic acids is 1. The van der Waals surface area contributed by atoms with Crippen LogP contribution in [0.1, 0.15) is 50.9 Å². The van der Waals surface area contributed by atoms with Gasteiger partial charge in [-0.2, -0.15) is 0 Å². The molecule has 1 aromatic rings. The van der Waals surface area contributed by atoms with Gasteiger partial charge in [-0.1, -0.05) is 6.07 Å². The molecule has 0 bridgehead atoms. The summed E-state index contributed by atoms with van der Waals surface area (Å²) in [6.07, 6.45) is 1.70. The maximum Gasteiger partial charge on any atom is 0.494 e. The number of nitrogens with zero attached hydrogens (tertiary/aromatic N) is 1. The minimum Gasteiger partial charge on any atom is -0.496 e. The molecule has 0 atom stereocenters. The normalized spacial score (nSPS) is 21.9. The van der Waals surface area contributed by atoms with Crippen LogP contribution in [0.2, 0.25) is 0 Å². The third kappa shape index (κ3) is 3.86. The number of hydrogen-bond acceptors (Lipinski definition) is 5. The number of amides is 1. The van der Waals surface area contributed by atoms with Crippen molar-refractivity contribution in [1.82, 2.24) is 4.90 Å². The molecule has 3 rings (SSSR count). The van der Waals surface area contributed by atoms with Crippen LogP contribution in [0.3, 0.4) is 0 Å². The Hall–Kier alpha value is -1.57. The van der Waals surface area contributed by atoms with Crippen LogP contribution in [0.15, 0.2) is 18.2 Å². The zero-order chi connectivity index (χ0) is 19.8. The van der Waals surface area contributed by atoms with Crippen LogP contribution in [-0.4, -0.2) is 62.5 Å². The highest BCUT2D eigenvalue weighted by molar-refractivity contribution is 6.62. The van der Waals surface area contributed by atoms with E-state index in [4.69, 9.17) is 18.8 Å². The maximum atomic E-state index is 13.2. The van der Waals surface area contributed by atoms with E-state index in [9.17, 15) is 4.79 Å². The fourth-order valence-electron chi connectivity index (χ4n) is 3.45. The smallest absolute Gasteiger partial charge is 0.494 e. The van der Waals surface area contributed by atoms with Crippen LogP contribution in [0, 0.1) is 0 Å². The first-order valence-electron chi connectivity index (χ1n) is 9.55. The van der Waals surface area contributed by atoms with E-state index >= 15 is 0 Å². The van der Waals surface area contributed by atoms with Gasteiger partial charge >= 0.3 is 7.12 Å². The lowest BCUT2D eigenvalue weighted by molar-refractivity contribution is 0.00578. The van der Waals surface area contributed by atoms with Crippen molar-refractivity contribution in [2.75, 3.05) is 27.4 Å². The summed E-state index contributed by atoms with van der Waals surface area (Å²) in [6.45, 7) is 9.44. The summed E-state index contributed by atoms with van der Waals surface area (Å²) >= 11 is 0. The molecular formula is C20H30BNO5. The van der Waals surface area contributed by atoms with Crippen molar-refractivity contribution < 1.29 is 23.6 Å². The van der Waals surface area contributed by atoms with Gasteiger partial charge in [-0.15, -0.1) is 0 Å². The summed E-state index contributed by atoms with van der Waals surface area (Å²) in [5.41, 5.74) is 0.485. The lowest BCUT2D eigenvalue weighted by Crippen LogP contribution is -2.41. The molecule has 6 nitrogen and oxygen atoms in total. The molecule has 7 heteroatoms. The zero-order valence-electron chi connectivity index (χ0n) is 17.2. The largest absolute Gasteiger partial charge is 0.496 e. The number of rotatable bonds is 4. The lowest BCUT2D eigenvalue weighted by atomic mass is 9.78. The van der Waals surface area contributed by atoms with E-state index < -0.39 is 18.3 Å². The Labute approximate surface area is 162 Å². The van der Waals surface area contributed by atoms with Crippen molar-refractivity contribution in [2.45, 2.75) is 57.8 Å². The van der Waals surface area contributed by atoms with Crippen LogP contribution >= 0.6 is 0 Å². The average molecular weight is 375 g/mol. The van der Waals surface area contributed by atoms with Crippen LogP contribution in [-0.2, 0) is 14.0 Å². The molecular weight excluding hydrogens is 345 g/mol. The summed E-state index contributed by atoms with van der Waals surface area (Å²) in [7, 11) is 2.91. The third-order valence-electron chi connectivity index (χ3n) is 6.04. The maximum absolute atomic E-state index is 13.2. The predicted octanol–water partition coefficient (Wildman–Crippen LogP) is 2.25. The Morgan fingerprint density at radius 3 is 2.30 bits per heavy atom. The van der Waals surface area contributed by atoms with Gasteiger partial charge in [0.2, 0.25) is 0 Å². The lowest BCUT2D eigenvalue weighted by Gasteiger charge is -2.32. The van der Waals surface area contributed by atoms with Crippen LogP contribution < -0.4 is 10.2 Å². The Morgan fingerprint density at radius 2 is 1.74 bits per heavy atom. The first-order chi connectivity index (χ1) is 12.7. The minimum atomic E-state index is -0.513. The molecule has 1 amide bonds. The molecule has 2 heterocycles. The topological polar surface area (TPSA) is 57.2 Å². The highest BCUT2D eigenvalue weighted by atomic mass is 16.7. The molecule has 0 aliphatic carbocycles. The molecule has 2 fully saturated rings. The van der Waals surface area contributed by atoms with Gasteiger partial charge in [0.25, 0.3) is 5.91 Å². The zero-order valence-corrected chi connectivity index (χ0v) is 17.2. The van der Waals surface area contributed by atoms with Gasteiger partial charge < -0.3 is 23.7 Å². The number of carbonyl (C=O) groups is 1. The molecule has 148 valence electrons. The highest BCUT2D eigenvalue weighted by Gasteiger charge is 2.51. The predicted molar refractivity (Wildman–Crippen MR) is 105 cm³/mol. The van der Waals surface area contributed by atoms with Crippen LogP contribution in [0.4, 0.5) is 0 Å². The number of ether oxygens (including phenoxy) is 2. The van der Waals surface area contributed by atoms with Gasteiger partial charge in [0, 0.05) is 26.3 Å². The first kappa shape index (κ1) is 20.2. The number of benzene rings is 1. The molecule has 2 saturated heterocycles. The summed E-state index contributed by atoms with van der Waals surface area (Å²) in [5, 5.41) is 0. The van der Waals surface area contributed by atoms with Gasteiger partial charge in [-0.05, 0) is 58.1 Å². The summed E-state index contributed by atoms with van der Waals surface area (Å²) < 4.78 is 23.1. The van der Waals surface area contributed by atoms with E-state index in [2.05, 4.69) is 0 Å². The molecule has 0 spiro atoms. The van der Waals surface area contributed by atoms with Crippen molar-refractivity contribution in [1.29, 1.82) is 0 Å². The van der Waals surface area contributed by atoms with Gasteiger partial charge in [-0.3, -0.25) is 4.79 Å². The van der Waals surface area contributed by atoms with E-state index in [1.54, 1.807) is 12.0 Å². The molecule has 0 saturated carbocycles. The molecule has 2 aliphatic heterocycles. The highest BCUT2D eigenvalue weighted by Crippen LogP contribution is 2.36. The van der Waals surface area contributed by atoms with Gasteiger partial charge in [0.1, 0.15) is 5.75 Å². The number of hydrogen-bond donors (Lipinski definition) is 0. The van der Waals surface area contributed by atoms with Crippen molar-refractivity contribution in [2.24, 2.45) is 0 Å². The monoisotopic (exact) mass is 375 g/mol. The molecule has 0 aromatic heterocycles. The number of methoxy groups -OCH3 is 1. The van der Waals surface area contributed by atoms with E-state index in [1.807, 2.05) is 52.9 Å². The molecule has 2 aliphatic rings. The molecule has 27 heavy (non-hydrogen) atoms. The molecule has 0 radical (unpaired) electrons. The molecule has 0 unspecified atom stereocenters. The SMILES string of the molecule is COc1ccc(B2OC(C)(C)C(C)(C)O2)cc1C(=O)N(C)C1CCOCC1. The minimum absolute atomic E-state index is 0.0582. The van der Waals surface area contributed by atoms with Crippen molar-refractivity contribution >= 4 is 18.5 Å². The quantitative estimate of drug-likeness (QED) is 0.756. The van der Waals surface area contributed by atoms with Crippen molar-refractivity contribution in [3.8, 4) is 5.75 Å². The summed E-state index contributed by atoms with van der Waals surface area (Å²) in [4.78, 5) is 15.0. The van der Waals surface area contributed by atoms with E-state index in [0.717, 1.165) is 18.3 Å². The first-order valence-corrected chi connectivity index (χ1v) is 9.55. The van der Waals surface area contributed by atoms with Crippen LogP contribution in [0.5, 0.6) is 5.75 Å². The van der Waals surface area contributed by atoms with Gasteiger partial charge in [0.05, 0.1) is 23.9 Å². The Kier molecular flexibility index (Phi) is 5.57. The van der Waals surface area contributed by atoms with Gasteiger partial charge in [-0.25, -0.2) is 0 Å². The van der Waals surface area contributed by atoms with E-state index in [1.165, 1.54) is 0 Å². The summed E-state index contributed by atoms with van der Waals surface area (Å²) in [5.74, 6) is 0.497. The van der Waals surface area contributed by atoms with Crippen molar-refractivity contribution in [3.63, 3.8) is 0 Å². The Balaban J connectivity index is 1.87.